The van der Waals surface area contributed by atoms with Crippen molar-refractivity contribution < 1.29 is 73.3 Å². The van der Waals surface area contributed by atoms with Gasteiger partial charge in [-0.2, -0.15) is 4.98 Å². The van der Waals surface area contributed by atoms with Gasteiger partial charge in [-0.05, 0) is 6.07 Å². The highest BCUT2D eigenvalue weighted by Crippen LogP contribution is 2.51. The van der Waals surface area contributed by atoms with E-state index in [1.165, 1.54) is 6.07 Å². The number of carboxylic acid groups (broad SMARTS) is 1. The van der Waals surface area contributed by atoms with E-state index < -0.39 is 106 Å². The summed E-state index contributed by atoms with van der Waals surface area (Å²) in [4.78, 5) is 49.6. The van der Waals surface area contributed by atoms with E-state index in [-0.39, 0.29) is 5.82 Å². The van der Waals surface area contributed by atoms with Crippen LogP contribution in [-0.2, 0) is 32.7 Å². The molecule has 1 aromatic heterocycles. The molecule has 0 spiro atoms. The number of carboxylic acids is 1. The number of aliphatic carboxylic acids is 1. The molecule has 2 saturated heterocycles. The fraction of sp³-hybridized carbons (Fsp3) is 0.700. The van der Waals surface area contributed by atoms with Gasteiger partial charge in [0.1, 0.15) is 42.4 Å². The van der Waals surface area contributed by atoms with Gasteiger partial charge >= 0.3 is 19.5 Å². The first-order valence-corrected chi connectivity index (χ1v) is 13.4. The van der Waals surface area contributed by atoms with Crippen LogP contribution in [0, 0.1) is 0 Å². The largest absolute Gasteiger partial charge is 0.477 e. The summed E-state index contributed by atoms with van der Waals surface area (Å²) in [5, 5.41) is 72.7. The minimum atomic E-state index is -5.52. The third-order valence-electron chi connectivity index (χ3n) is 6.31. The van der Waals surface area contributed by atoms with Crippen LogP contribution in [0.2, 0.25) is 0 Å². The van der Waals surface area contributed by atoms with Crippen LogP contribution >= 0.6 is 7.82 Å². The van der Waals surface area contributed by atoms with E-state index in [0.29, 0.717) is 0 Å². The third kappa shape index (κ3) is 7.25. The molecule has 3 heterocycles. The maximum absolute atomic E-state index is 12.8. The van der Waals surface area contributed by atoms with E-state index in [0.717, 1.165) is 17.7 Å². The Labute approximate surface area is 230 Å². The molecule has 3 unspecified atom stereocenters. The number of nitrogens with zero attached hydrogens (tertiary/aromatic N) is 2. The maximum Gasteiger partial charge on any atom is 0.475 e. The Morgan fingerprint density at radius 1 is 1.32 bits per heavy atom. The molecule has 2 fully saturated rings. The topological polar surface area (TPSA) is 323 Å². The first-order valence-electron chi connectivity index (χ1n) is 11.9. The second-order valence-electron chi connectivity index (χ2n) is 9.32. The lowest BCUT2D eigenvalue weighted by molar-refractivity contribution is -0.289. The van der Waals surface area contributed by atoms with Crippen LogP contribution in [0.1, 0.15) is 19.6 Å². The summed E-state index contributed by atoms with van der Waals surface area (Å²) < 4.78 is 33.7. The van der Waals surface area contributed by atoms with Crippen molar-refractivity contribution in [3.8, 4) is 0 Å². The van der Waals surface area contributed by atoms with Gasteiger partial charge in [-0.25, -0.2) is 18.7 Å². The van der Waals surface area contributed by atoms with Gasteiger partial charge in [0.2, 0.25) is 5.91 Å². The Balaban J connectivity index is 1.79. The minimum absolute atomic E-state index is 0.135. The zero-order chi connectivity index (χ0) is 30.9. The van der Waals surface area contributed by atoms with Crippen molar-refractivity contribution in [1.29, 1.82) is 0 Å². The lowest BCUT2D eigenvalue weighted by Gasteiger charge is -2.46. The number of nitrogens with two attached hydrogens (primary N) is 1. The number of aliphatic hydroxyl groups excluding tert-OH is 6. The number of carbonyl (C=O) groups is 2. The van der Waals surface area contributed by atoms with E-state index >= 15 is 0 Å². The summed E-state index contributed by atoms with van der Waals surface area (Å²) in [6.07, 6.45) is -14.6. The highest BCUT2D eigenvalue weighted by atomic mass is 31.2. The fourth-order valence-corrected chi connectivity index (χ4v) is 5.27. The summed E-state index contributed by atoms with van der Waals surface area (Å²) in [6, 6.07) is -0.362. The first-order chi connectivity index (χ1) is 19.0. The Bertz CT molecular complexity index is 1220. The number of hydrogen-bond donors (Lipinski definition) is 10. The molecule has 0 bridgehead atoms. The molecule has 232 valence electrons. The number of amides is 1. The predicted octanol–water partition coefficient (Wildman–Crippen LogP) is -5.27. The van der Waals surface area contributed by atoms with Crippen LogP contribution in [0.5, 0.6) is 0 Å². The number of hydrogen-bond acceptors (Lipinski definition) is 16. The smallest absolute Gasteiger partial charge is 0.475 e. The highest BCUT2D eigenvalue weighted by molar-refractivity contribution is 7.47. The highest BCUT2D eigenvalue weighted by Gasteiger charge is 2.59. The molecule has 1 aromatic rings. The fourth-order valence-electron chi connectivity index (χ4n) is 4.32. The van der Waals surface area contributed by atoms with Crippen LogP contribution in [-0.4, -0.2) is 130 Å². The van der Waals surface area contributed by atoms with Crippen molar-refractivity contribution in [1.82, 2.24) is 14.9 Å². The van der Waals surface area contributed by atoms with Crippen LogP contribution in [0.15, 0.2) is 17.1 Å². The van der Waals surface area contributed by atoms with Gasteiger partial charge in [0.25, 0.3) is 5.79 Å². The first kappa shape index (κ1) is 32.9. The van der Waals surface area contributed by atoms with Crippen molar-refractivity contribution in [3.63, 3.8) is 0 Å². The van der Waals surface area contributed by atoms with E-state index in [2.05, 4.69) is 10.3 Å². The summed E-state index contributed by atoms with van der Waals surface area (Å²) in [5.41, 5.74) is 4.46. The van der Waals surface area contributed by atoms with Crippen molar-refractivity contribution in [3.05, 3.63) is 22.7 Å². The monoisotopic (exact) mass is 614 g/mol. The molecule has 3 rings (SSSR count). The van der Waals surface area contributed by atoms with Crippen molar-refractivity contribution in [2.75, 3.05) is 18.9 Å². The Hall–Kier alpha value is -2.59. The number of carbonyl (C=O) groups excluding carboxylic acids is 1. The molecule has 0 radical (unpaired) electrons. The van der Waals surface area contributed by atoms with Gasteiger partial charge in [-0.3, -0.25) is 13.9 Å². The number of anilines is 1. The van der Waals surface area contributed by atoms with Gasteiger partial charge in [0, 0.05) is 19.5 Å². The number of phosphoric acid groups is 1. The Morgan fingerprint density at radius 2 is 1.98 bits per heavy atom. The normalized spacial score (nSPS) is 34.9. The number of nitrogens with one attached hydrogen (secondary N) is 1. The van der Waals surface area contributed by atoms with Crippen LogP contribution in [0.25, 0.3) is 0 Å². The Morgan fingerprint density at radius 3 is 2.54 bits per heavy atom. The lowest BCUT2D eigenvalue weighted by atomic mass is 9.88. The molecule has 21 heteroatoms. The summed E-state index contributed by atoms with van der Waals surface area (Å²) in [5.74, 6) is -6.20. The van der Waals surface area contributed by atoms with Gasteiger partial charge in [-0.1, -0.05) is 0 Å². The van der Waals surface area contributed by atoms with Gasteiger partial charge in [-0.15, -0.1) is 0 Å². The van der Waals surface area contributed by atoms with E-state index in [4.69, 9.17) is 24.3 Å². The van der Waals surface area contributed by atoms with Crippen molar-refractivity contribution >= 4 is 25.5 Å². The summed E-state index contributed by atoms with van der Waals surface area (Å²) in [7, 11) is -5.52. The molecule has 2 aliphatic heterocycles. The van der Waals surface area contributed by atoms with Gasteiger partial charge in [0.05, 0.1) is 25.4 Å². The minimum Gasteiger partial charge on any atom is -0.477 e. The molecule has 11 atom stereocenters. The zero-order valence-corrected chi connectivity index (χ0v) is 22.1. The zero-order valence-electron chi connectivity index (χ0n) is 21.2. The predicted molar refractivity (Wildman–Crippen MR) is 128 cm³/mol. The summed E-state index contributed by atoms with van der Waals surface area (Å²) in [6.45, 7) is -1.05. The molecule has 11 N–H and O–H groups in total. The molecule has 0 aromatic carbocycles. The molecule has 20 nitrogen and oxygen atoms in total. The van der Waals surface area contributed by atoms with E-state index in [1.54, 1.807) is 0 Å². The average Bonchev–Trinajstić information content (AvgIpc) is 3.16. The number of aromatic nitrogens is 2. The second-order valence-corrected chi connectivity index (χ2v) is 10.7. The third-order valence-corrected chi connectivity index (χ3v) is 7.32. The number of nitrogen functional groups attached to an aromatic ring is 1. The maximum atomic E-state index is 12.8. The quantitative estimate of drug-likeness (QED) is 0.104. The SMILES string of the molecule is CC(=O)N[C@H]1C([C@H](O)[C@H](O)CO)O[C@](OP(=O)(O)OC[C@H]2O[C@@H](n3ccc(N)nc3=O)C(O)[C@H]2O)(C(=O)O)C[C@H]1O. The molecular formula is C20H31N4O16P. The van der Waals surface area contributed by atoms with Crippen molar-refractivity contribution in [2.45, 2.75) is 74.1 Å². The molecule has 41 heavy (non-hydrogen) atoms. The number of phosphoric ester groups is 1. The molecule has 0 saturated carbocycles. The van der Waals surface area contributed by atoms with E-state index in [1.807, 2.05) is 0 Å². The average molecular weight is 614 g/mol. The molecule has 1 amide bonds. The van der Waals surface area contributed by atoms with E-state index in [9.17, 15) is 59.6 Å². The Kier molecular flexibility index (Phi) is 10.2. The van der Waals surface area contributed by atoms with Gasteiger partial charge < -0.3 is 61.2 Å². The molecule has 2 aliphatic rings. The number of ether oxygens (including phenoxy) is 2. The molecular weight excluding hydrogens is 583 g/mol. The van der Waals surface area contributed by atoms with Crippen molar-refractivity contribution in [2.24, 2.45) is 0 Å². The number of rotatable bonds is 11. The molecule has 0 aliphatic carbocycles. The number of aliphatic hydroxyl groups is 6. The van der Waals surface area contributed by atoms with Gasteiger partial charge in [0.15, 0.2) is 6.23 Å². The lowest BCUT2D eigenvalue weighted by Crippen LogP contribution is -2.67. The summed E-state index contributed by atoms with van der Waals surface area (Å²) >= 11 is 0. The van der Waals surface area contributed by atoms with Crippen LogP contribution < -0.4 is 16.7 Å². The second kappa shape index (κ2) is 12.7. The standard InChI is InChI=1S/C20H31N4O16P/c1-7(26)22-12-8(27)4-20(18(32)33,39-16(12)13(29)9(28)5-25)40-41(35,36)37-6-10-14(30)15(31)17(38-10)24-3-2-11(21)23-19(24)34/h2-3,8-10,12-17,25,27-31H,4-6H2,1H3,(H,22,26)(H,32,33)(H,35,36)(H2,21,23,34)/t8-,9-,10-,12-,13-,14+,15?,16?,17-,20-/m1/s1. The van der Waals surface area contributed by atoms with Crippen LogP contribution in [0.3, 0.4) is 0 Å². The van der Waals surface area contributed by atoms with Crippen LogP contribution in [0.4, 0.5) is 5.82 Å².